The minimum atomic E-state index is -0.620. The zero-order valence-corrected chi connectivity index (χ0v) is 15.6. The number of rotatable bonds is 1. The van der Waals surface area contributed by atoms with Gasteiger partial charge in [0.1, 0.15) is 24.0 Å². The maximum Gasteiger partial charge on any atom is 0.283 e. The first-order valence-corrected chi connectivity index (χ1v) is 9.52. The molecule has 3 aliphatic heterocycles. The number of nitrogens with two attached hydrogens (primary N) is 1. The van der Waals surface area contributed by atoms with Gasteiger partial charge in [-0.1, -0.05) is 18.2 Å². The van der Waals surface area contributed by atoms with Gasteiger partial charge in [-0.15, -0.1) is 0 Å². The molecule has 0 saturated carbocycles. The first kappa shape index (κ1) is 17.1. The molecule has 5 rings (SSSR count). The van der Waals surface area contributed by atoms with Crippen molar-refractivity contribution in [3.8, 4) is 22.9 Å². The Labute approximate surface area is 163 Å². The van der Waals surface area contributed by atoms with Crippen LogP contribution in [-0.4, -0.2) is 31.4 Å². The predicted octanol–water partition coefficient (Wildman–Crippen LogP) is 2.95. The fourth-order valence-electron chi connectivity index (χ4n) is 4.80. The number of aliphatic imine (C=N–C) groups is 1. The normalized spacial score (nSPS) is 30.4. The molecule has 6 heteroatoms. The van der Waals surface area contributed by atoms with Crippen LogP contribution in [0, 0.1) is 17.2 Å². The molecule has 28 heavy (non-hydrogen) atoms. The summed E-state index contributed by atoms with van der Waals surface area (Å²) in [5.41, 5.74) is 8.91. The molecule has 3 heterocycles. The third-order valence-electron chi connectivity index (χ3n) is 6.04. The van der Waals surface area contributed by atoms with Crippen LogP contribution >= 0.6 is 0 Å². The topological polar surface area (TPSA) is 89.9 Å². The molecule has 2 aromatic rings. The van der Waals surface area contributed by atoms with E-state index in [1.807, 2.05) is 30.3 Å². The van der Waals surface area contributed by atoms with E-state index in [-0.39, 0.29) is 24.1 Å². The summed E-state index contributed by atoms with van der Waals surface area (Å²) in [5.74, 6) is 0.841. The molecule has 0 unspecified atom stereocenters. The summed E-state index contributed by atoms with van der Waals surface area (Å²) in [6, 6.07) is 16.1. The molecule has 1 spiro atoms. The monoisotopic (exact) mass is 375 g/mol. The van der Waals surface area contributed by atoms with Gasteiger partial charge in [-0.25, -0.2) is 4.99 Å². The van der Waals surface area contributed by atoms with Crippen LogP contribution in [-0.2, 0) is 15.0 Å². The summed E-state index contributed by atoms with van der Waals surface area (Å²) in [7, 11) is 0. The highest BCUT2D eigenvalue weighted by Crippen LogP contribution is 2.52. The standard InChI is InChI=1S/C22H21N3O3/c1-13-20-19(7-8-26-13)28-18-6-5-16(15-4-2-3-14(9-15)11-23)10-17(18)22(20)12-27-21(24)25-22/h2-6,9-10,13,19-20H,7-8,12H2,1H3,(H2,24,25)/t13-,19-,20-,22-/m0/s1. The quantitative estimate of drug-likeness (QED) is 0.828. The molecule has 4 atom stereocenters. The van der Waals surface area contributed by atoms with E-state index in [2.05, 4.69) is 19.1 Å². The maximum absolute atomic E-state index is 9.22. The Hall–Kier alpha value is -3.04. The van der Waals surface area contributed by atoms with Crippen LogP contribution in [0.15, 0.2) is 47.5 Å². The largest absolute Gasteiger partial charge is 0.489 e. The summed E-state index contributed by atoms with van der Waals surface area (Å²) in [6.07, 6.45) is 0.815. The van der Waals surface area contributed by atoms with Crippen LogP contribution in [0.1, 0.15) is 24.5 Å². The Morgan fingerprint density at radius 1 is 1.21 bits per heavy atom. The van der Waals surface area contributed by atoms with Gasteiger partial charge >= 0.3 is 0 Å². The number of fused-ring (bicyclic) bond motifs is 4. The molecule has 1 fully saturated rings. The van der Waals surface area contributed by atoms with Crippen molar-refractivity contribution < 1.29 is 14.2 Å². The van der Waals surface area contributed by atoms with Gasteiger partial charge in [0.15, 0.2) is 0 Å². The van der Waals surface area contributed by atoms with E-state index in [1.54, 1.807) is 6.07 Å². The summed E-state index contributed by atoms with van der Waals surface area (Å²) in [4.78, 5) is 4.78. The van der Waals surface area contributed by atoms with Crippen LogP contribution in [0.3, 0.4) is 0 Å². The highest BCUT2D eigenvalue weighted by molar-refractivity contribution is 5.75. The lowest BCUT2D eigenvalue weighted by atomic mass is 9.69. The number of nitrogens with zero attached hydrogens (tertiary/aromatic N) is 2. The van der Waals surface area contributed by atoms with Crippen molar-refractivity contribution in [2.75, 3.05) is 13.2 Å². The molecule has 0 aliphatic carbocycles. The second-order valence-corrected chi connectivity index (χ2v) is 7.61. The van der Waals surface area contributed by atoms with Crippen molar-refractivity contribution in [3.05, 3.63) is 53.6 Å². The number of ether oxygens (including phenoxy) is 3. The first-order chi connectivity index (χ1) is 13.6. The van der Waals surface area contributed by atoms with E-state index in [0.29, 0.717) is 18.8 Å². The highest BCUT2D eigenvalue weighted by Gasteiger charge is 2.57. The van der Waals surface area contributed by atoms with Gasteiger partial charge in [0, 0.05) is 12.0 Å². The summed E-state index contributed by atoms with van der Waals surface area (Å²) in [6.45, 7) is 3.12. The minimum absolute atomic E-state index is 0.0160. The average Bonchev–Trinajstić information content (AvgIpc) is 3.10. The lowest BCUT2D eigenvalue weighted by Gasteiger charge is -2.48. The predicted molar refractivity (Wildman–Crippen MR) is 104 cm³/mol. The molecule has 2 aromatic carbocycles. The second-order valence-electron chi connectivity index (χ2n) is 7.61. The van der Waals surface area contributed by atoms with E-state index in [0.717, 1.165) is 28.9 Å². The molecule has 0 amide bonds. The van der Waals surface area contributed by atoms with Gasteiger partial charge in [-0.3, -0.25) is 0 Å². The molecule has 3 aliphatic rings. The number of hydrogen-bond acceptors (Lipinski definition) is 6. The van der Waals surface area contributed by atoms with Crippen molar-refractivity contribution in [1.82, 2.24) is 0 Å². The Morgan fingerprint density at radius 3 is 2.86 bits per heavy atom. The molecule has 0 bridgehead atoms. The van der Waals surface area contributed by atoms with Crippen molar-refractivity contribution in [1.29, 1.82) is 5.26 Å². The zero-order chi connectivity index (χ0) is 19.3. The molecule has 1 saturated heterocycles. The van der Waals surface area contributed by atoms with Crippen LogP contribution in [0.5, 0.6) is 5.75 Å². The number of benzene rings is 2. The second kappa shape index (κ2) is 6.25. The van der Waals surface area contributed by atoms with Crippen molar-refractivity contribution >= 4 is 6.02 Å². The van der Waals surface area contributed by atoms with Gasteiger partial charge in [-0.2, -0.15) is 5.26 Å². The Morgan fingerprint density at radius 2 is 2.07 bits per heavy atom. The van der Waals surface area contributed by atoms with E-state index in [1.165, 1.54) is 0 Å². The molecular formula is C22H21N3O3. The number of nitriles is 1. The van der Waals surface area contributed by atoms with Crippen molar-refractivity contribution in [3.63, 3.8) is 0 Å². The van der Waals surface area contributed by atoms with Gasteiger partial charge in [-0.05, 0) is 42.3 Å². The third kappa shape index (κ3) is 2.47. The minimum Gasteiger partial charge on any atom is -0.489 e. The zero-order valence-electron chi connectivity index (χ0n) is 15.6. The first-order valence-electron chi connectivity index (χ1n) is 9.52. The van der Waals surface area contributed by atoms with Crippen LogP contribution < -0.4 is 10.5 Å². The van der Waals surface area contributed by atoms with E-state index in [4.69, 9.17) is 24.9 Å². The van der Waals surface area contributed by atoms with Crippen LogP contribution in [0.25, 0.3) is 11.1 Å². The van der Waals surface area contributed by atoms with E-state index < -0.39 is 5.54 Å². The van der Waals surface area contributed by atoms with Crippen LogP contribution in [0.2, 0.25) is 0 Å². The maximum atomic E-state index is 9.22. The van der Waals surface area contributed by atoms with Crippen molar-refractivity contribution in [2.45, 2.75) is 31.1 Å². The van der Waals surface area contributed by atoms with Crippen LogP contribution in [0.4, 0.5) is 0 Å². The average molecular weight is 375 g/mol. The van der Waals surface area contributed by atoms with Crippen molar-refractivity contribution in [2.24, 2.45) is 16.6 Å². The van der Waals surface area contributed by atoms with Gasteiger partial charge in [0.2, 0.25) is 0 Å². The molecular weight excluding hydrogens is 354 g/mol. The summed E-state index contributed by atoms with van der Waals surface area (Å²) in [5, 5.41) is 9.22. The lowest BCUT2D eigenvalue weighted by molar-refractivity contribution is -0.116. The molecule has 0 radical (unpaired) electrons. The Bertz CT molecular complexity index is 1010. The fourth-order valence-corrected chi connectivity index (χ4v) is 4.80. The van der Waals surface area contributed by atoms with E-state index in [9.17, 15) is 5.26 Å². The molecule has 0 aromatic heterocycles. The van der Waals surface area contributed by atoms with Gasteiger partial charge < -0.3 is 19.9 Å². The molecule has 142 valence electrons. The highest BCUT2D eigenvalue weighted by atomic mass is 16.5. The summed E-state index contributed by atoms with van der Waals surface area (Å²) < 4.78 is 18.0. The SMILES string of the molecule is C[C@@H]1OCC[C@@H]2Oc3ccc(-c4cccc(C#N)c4)cc3[C@@]3(COC(N)=N3)[C@@H]12. The Kier molecular flexibility index (Phi) is 3.81. The smallest absolute Gasteiger partial charge is 0.283 e. The number of hydrogen-bond donors (Lipinski definition) is 1. The molecule has 2 N–H and O–H groups in total. The lowest BCUT2D eigenvalue weighted by Crippen LogP contribution is -2.56. The fraction of sp³-hybridized carbons (Fsp3) is 0.364. The van der Waals surface area contributed by atoms with Gasteiger partial charge in [0.05, 0.1) is 30.3 Å². The third-order valence-corrected chi connectivity index (χ3v) is 6.04. The summed E-state index contributed by atoms with van der Waals surface area (Å²) >= 11 is 0. The van der Waals surface area contributed by atoms with Gasteiger partial charge in [0.25, 0.3) is 6.02 Å². The number of amidine groups is 1. The van der Waals surface area contributed by atoms with E-state index >= 15 is 0 Å². The Balaban J connectivity index is 1.68. The molecule has 6 nitrogen and oxygen atoms in total.